The van der Waals surface area contributed by atoms with Crippen LogP contribution in [0.5, 0.6) is 0 Å². The average Bonchev–Trinajstić information content (AvgIpc) is 2.79. The van der Waals surface area contributed by atoms with E-state index in [1.807, 2.05) is 6.92 Å². The van der Waals surface area contributed by atoms with Gasteiger partial charge in [-0.2, -0.15) is 0 Å². The van der Waals surface area contributed by atoms with Crippen LogP contribution in [-0.4, -0.2) is 23.6 Å². The van der Waals surface area contributed by atoms with Crippen molar-refractivity contribution in [3.8, 4) is 0 Å². The molecule has 0 spiro atoms. The summed E-state index contributed by atoms with van der Waals surface area (Å²) in [6, 6.07) is 6.58. The number of nitrogens with two attached hydrogens (primary N) is 1. The summed E-state index contributed by atoms with van der Waals surface area (Å²) in [5.41, 5.74) is 8.40. The van der Waals surface area contributed by atoms with Gasteiger partial charge in [-0.3, -0.25) is 4.79 Å². The lowest BCUT2D eigenvalue weighted by atomic mass is 10.1. The summed E-state index contributed by atoms with van der Waals surface area (Å²) in [4.78, 5) is 23.8. The topological polar surface area (TPSA) is 86.3 Å². The third-order valence-electron chi connectivity index (χ3n) is 3.17. The second-order valence-electron chi connectivity index (χ2n) is 4.74. The van der Waals surface area contributed by atoms with Crippen molar-refractivity contribution in [2.45, 2.75) is 6.92 Å². The van der Waals surface area contributed by atoms with Gasteiger partial charge in [0.25, 0.3) is 5.91 Å². The van der Waals surface area contributed by atoms with Gasteiger partial charge in [0.2, 0.25) is 0 Å². The van der Waals surface area contributed by atoms with Gasteiger partial charge in [0.05, 0.1) is 18.4 Å². The van der Waals surface area contributed by atoms with Gasteiger partial charge >= 0.3 is 5.97 Å². The minimum absolute atomic E-state index is 0.292. The molecule has 1 aromatic heterocycles. The first kappa shape index (κ1) is 14.6. The van der Waals surface area contributed by atoms with E-state index in [2.05, 4.69) is 10.1 Å². The molecule has 1 amide bonds. The highest BCUT2D eigenvalue weighted by molar-refractivity contribution is 6.04. The van der Waals surface area contributed by atoms with Crippen molar-refractivity contribution in [3.63, 3.8) is 0 Å². The lowest BCUT2D eigenvalue weighted by molar-refractivity contribution is 0.0600. The fourth-order valence-electron chi connectivity index (χ4n) is 2.00. The van der Waals surface area contributed by atoms with Crippen molar-refractivity contribution >= 4 is 23.3 Å². The highest BCUT2D eigenvalue weighted by Gasteiger charge is 2.14. The molecule has 1 heterocycles. The van der Waals surface area contributed by atoms with Crippen LogP contribution in [0.2, 0.25) is 0 Å². The first-order valence-corrected chi connectivity index (χ1v) is 6.34. The van der Waals surface area contributed by atoms with E-state index in [1.165, 1.54) is 7.11 Å². The maximum absolute atomic E-state index is 12.2. The van der Waals surface area contributed by atoms with Gasteiger partial charge in [0.1, 0.15) is 5.69 Å². The van der Waals surface area contributed by atoms with Crippen LogP contribution in [0.4, 0.5) is 11.4 Å². The number of nitrogens with zero attached hydrogens (tertiary/aromatic N) is 1. The van der Waals surface area contributed by atoms with Crippen LogP contribution in [0.25, 0.3) is 0 Å². The maximum atomic E-state index is 12.2. The second-order valence-corrected chi connectivity index (χ2v) is 4.74. The van der Waals surface area contributed by atoms with E-state index >= 15 is 0 Å². The Hall–Kier alpha value is -2.76. The van der Waals surface area contributed by atoms with Crippen LogP contribution in [0, 0.1) is 6.92 Å². The highest BCUT2D eigenvalue weighted by atomic mass is 16.5. The number of hydrogen-bond acceptors (Lipinski definition) is 4. The van der Waals surface area contributed by atoms with Crippen LogP contribution in [0.15, 0.2) is 30.5 Å². The number of amides is 1. The largest absolute Gasteiger partial charge is 0.465 e. The van der Waals surface area contributed by atoms with Gasteiger partial charge in [-0.05, 0) is 30.7 Å². The zero-order valence-electron chi connectivity index (χ0n) is 12.1. The zero-order valence-corrected chi connectivity index (χ0v) is 12.1. The van der Waals surface area contributed by atoms with E-state index in [-0.39, 0.29) is 5.91 Å². The molecular formula is C15H17N3O3. The number of benzene rings is 1. The number of anilines is 2. The summed E-state index contributed by atoms with van der Waals surface area (Å²) in [5, 5.41) is 2.78. The normalized spacial score (nSPS) is 10.2. The molecule has 0 aliphatic rings. The fraction of sp³-hybridized carbons (Fsp3) is 0.200. The van der Waals surface area contributed by atoms with E-state index in [1.54, 1.807) is 42.1 Å². The molecule has 3 N–H and O–H groups in total. The predicted molar refractivity (Wildman–Crippen MR) is 80.3 cm³/mol. The molecule has 0 fully saturated rings. The Kier molecular flexibility index (Phi) is 3.98. The number of hydrogen-bond donors (Lipinski definition) is 2. The number of nitrogens with one attached hydrogen (secondary N) is 1. The lowest BCUT2D eigenvalue weighted by Gasteiger charge is -2.10. The van der Waals surface area contributed by atoms with Gasteiger partial charge < -0.3 is 20.4 Å². The van der Waals surface area contributed by atoms with Gasteiger partial charge in [-0.25, -0.2) is 4.79 Å². The van der Waals surface area contributed by atoms with Crippen molar-refractivity contribution in [1.82, 2.24) is 4.57 Å². The molecule has 6 heteroatoms. The Bertz CT molecular complexity index is 704. The standard InChI is InChI=1S/C15H17N3O3/c1-9-4-5-10(15(20)21-3)6-12(9)17-14(19)13-7-11(16)8-18(13)2/h4-8H,16H2,1-3H3,(H,17,19). The van der Waals surface area contributed by atoms with Crippen molar-refractivity contribution in [3.05, 3.63) is 47.3 Å². The maximum Gasteiger partial charge on any atom is 0.337 e. The van der Waals surface area contributed by atoms with Crippen LogP contribution in [0.1, 0.15) is 26.4 Å². The van der Waals surface area contributed by atoms with Gasteiger partial charge in [-0.1, -0.05) is 6.07 Å². The molecule has 6 nitrogen and oxygen atoms in total. The molecule has 0 aliphatic carbocycles. The van der Waals surface area contributed by atoms with Crippen LogP contribution in [0.3, 0.4) is 0 Å². The third-order valence-corrected chi connectivity index (χ3v) is 3.17. The fourth-order valence-corrected chi connectivity index (χ4v) is 2.00. The molecule has 0 radical (unpaired) electrons. The van der Waals surface area contributed by atoms with E-state index in [9.17, 15) is 9.59 Å². The van der Waals surface area contributed by atoms with E-state index in [0.29, 0.717) is 22.6 Å². The first-order valence-electron chi connectivity index (χ1n) is 6.34. The Morgan fingerprint density at radius 3 is 2.57 bits per heavy atom. The molecule has 110 valence electrons. The van der Waals surface area contributed by atoms with Crippen LogP contribution in [-0.2, 0) is 11.8 Å². The summed E-state index contributed by atoms with van der Waals surface area (Å²) in [6.07, 6.45) is 1.66. The van der Waals surface area contributed by atoms with Crippen molar-refractivity contribution in [2.75, 3.05) is 18.2 Å². The summed E-state index contributed by atoms with van der Waals surface area (Å²) in [7, 11) is 3.05. The molecule has 0 atom stereocenters. The second kappa shape index (κ2) is 5.70. The molecule has 2 aromatic rings. The summed E-state index contributed by atoms with van der Waals surface area (Å²) in [6.45, 7) is 1.84. The van der Waals surface area contributed by atoms with Gasteiger partial charge in [-0.15, -0.1) is 0 Å². The van der Waals surface area contributed by atoms with Crippen LogP contribution >= 0.6 is 0 Å². The van der Waals surface area contributed by atoms with Gasteiger partial charge in [0.15, 0.2) is 0 Å². The number of carbonyl (C=O) groups excluding carboxylic acids is 2. The molecular weight excluding hydrogens is 270 g/mol. The molecule has 0 unspecified atom stereocenters. The summed E-state index contributed by atoms with van der Waals surface area (Å²) < 4.78 is 6.31. The number of nitrogen functional groups attached to an aromatic ring is 1. The van der Waals surface area contributed by atoms with Crippen molar-refractivity contribution < 1.29 is 14.3 Å². The zero-order chi connectivity index (χ0) is 15.6. The molecule has 1 aromatic carbocycles. The summed E-state index contributed by atoms with van der Waals surface area (Å²) in [5.74, 6) is -0.743. The van der Waals surface area contributed by atoms with Crippen molar-refractivity contribution in [2.24, 2.45) is 7.05 Å². The first-order chi connectivity index (χ1) is 9.92. The number of aromatic nitrogens is 1. The van der Waals surface area contributed by atoms with E-state index in [4.69, 9.17) is 5.73 Å². The van der Waals surface area contributed by atoms with Gasteiger partial charge in [0, 0.05) is 18.9 Å². The number of ether oxygens (including phenoxy) is 1. The lowest BCUT2D eigenvalue weighted by Crippen LogP contribution is -2.16. The van der Waals surface area contributed by atoms with Crippen LogP contribution < -0.4 is 11.1 Å². The molecule has 0 saturated carbocycles. The number of rotatable bonds is 3. The Morgan fingerprint density at radius 2 is 2.00 bits per heavy atom. The smallest absolute Gasteiger partial charge is 0.337 e. The minimum Gasteiger partial charge on any atom is -0.465 e. The predicted octanol–water partition coefficient (Wildman–Crippen LogP) is 1.95. The van der Waals surface area contributed by atoms with Crippen molar-refractivity contribution in [1.29, 1.82) is 0 Å². The number of esters is 1. The van der Waals surface area contributed by atoms with E-state index < -0.39 is 5.97 Å². The molecule has 0 saturated heterocycles. The monoisotopic (exact) mass is 287 g/mol. The molecule has 21 heavy (non-hydrogen) atoms. The number of carbonyl (C=O) groups is 2. The average molecular weight is 287 g/mol. The molecule has 2 rings (SSSR count). The Morgan fingerprint density at radius 1 is 1.29 bits per heavy atom. The minimum atomic E-state index is -0.450. The summed E-state index contributed by atoms with van der Waals surface area (Å²) >= 11 is 0. The Balaban J connectivity index is 2.28. The third kappa shape index (κ3) is 3.05. The Labute approximate surface area is 122 Å². The highest BCUT2D eigenvalue weighted by Crippen LogP contribution is 2.19. The molecule has 0 aliphatic heterocycles. The SMILES string of the molecule is COC(=O)c1ccc(C)c(NC(=O)c2cc(N)cn2C)c1. The number of aryl methyl sites for hydroxylation is 2. The quantitative estimate of drug-likeness (QED) is 0.845. The number of methoxy groups -OCH3 is 1. The molecule has 0 bridgehead atoms. The van der Waals surface area contributed by atoms with E-state index in [0.717, 1.165) is 5.56 Å².